The lowest BCUT2D eigenvalue weighted by Crippen LogP contribution is -2.35. The second-order valence-corrected chi connectivity index (χ2v) is 5.95. The molecule has 1 rings (SSSR count). The highest BCUT2D eigenvalue weighted by Gasteiger charge is 2.21. The van der Waals surface area contributed by atoms with Gasteiger partial charge in [-0.15, -0.1) is 0 Å². The van der Waals surface area contributed by atoms with Crippen LogP contribution in [0.4, 0.5) is 4.79 Å². The van der Waals surface area contributed by atoms with Gasteiger partial charge in [-0.2, -0.15) is 0 Å². The van der Waals surface area contributed by atoms with Crippen LogP contribution in [0, 0.1) is 0 Å². The molecule has 0 radical (unpaired) electrons. The molecule has 0 saturated carbocycles. The minimum absolute atomic E-state index is 0.239. The van der Waals surface area contributed by atoms with Crippen molar-refractivity contribution < 1.29 is 19.1 Å². The molecule has 0 aromatic heterocycles. The predicted octanol–water partition coefficient (Wildman–Crippen LogP) is 3.60. The van der Waals surface area contributed by atoms with Gasteiger partial charge in [0.05, 0.1) is 12.6 Å². The third kappa shape index (κ3) is 7.11. The largest absolute Gasteiger partial charge is 0.466 e. The molecule has 5 nitrogen and oxygen atoms in total. The van der Waals surface area contributed by atoms with Crippen molar-refractivity contribution in [2.24, 2.45) is 0 Å². The first kappa shape index (κ1) is 18.0. The summed E-state index contributed by atoms with van der Waals surface area (Å²) in [5.74, 6) is -0.269. The van der Waals surface area contributed by atoms with Gasteiger partial charge in [0.1, 0.15) is 5.60 Å². The predicted molar refractivity (Wildman–Crippen MR) is 84.4 cm³/mol. The van der Waals surface area contributed by atoms with Gasteiger partial charge in [-0.3, -0.25) is 4.79 Å². The van der Waals surface area contributed by atoms with Gasteiger partial charge in [0.25, 0.3) is 0 Å². The number of benzene rings is 1. The Hall–Kier alpha value is -2.04. The van der Waals surface area contributed by atoms with E-state index in [0.29, 0.717) is 13.0 Å². The maximum Gasteiger partial charge on any atom is 0.408 e. The van der Waals surface area contributed by atoms with Gasteiger partial charge >= 0.3 is 12.1 Å². The Labute approximate surface area is 132 Å². The summed E-state index contributed by atoms with van der Waals surface area (Å²) in [6, 6.07) is 9.22. The van der Waals surface area contributed by atoms with Crippen molar-refractivity contribution >= 4 is 12.1 Å². The summed E-state index contributed by atoms with van der Waals surface area (Å²) in [5, 5.41) is 2.82. The molecule has 0 fully saturated rings. The molecule has 1 amide bonds. The van der Waals surface area contributed by atoms with Gasteiger partial charge in [-0.05, 0) is 39.7 Å². The van der Waals surface area contributed by atoms with Gasteiger partial charge in [0, 0.05) is 6.42 Å². The summed E-state index contributed by atoms with van der Waals surface area (Å²) in [4.78, 5) is 23.5. The van der Waals surface area contributed by atoms with Gasteiger partial charge in [0.2, 0.25) is 0 Å². The van der Waals surface area contributed by atoms with E-state index in [1.165, 1.54) is 0 Å². The van der Waals surface area contributed by atoms with Crippen LogP contribution in [0.5, 0.6) is 0 Å². The van der Waals surface area contributed by atoms with Crippen LogP contribution in [0.25, 0.3) is 0 Å². The number of carbonyl (C=O) groups is 2. The first-order valence-corrected chi connectivity index (χ1v) is 7.52. The van der Waals surface area contributed by atoms with Gasteiger partial charge < -0.3 is 14.8 Å². The van der Waals surface area contributed by atoms with Crippen molar-refractivity contribution in [2.75, 3.05) is 6.61 Å². The van der Waals surface area contributed by atoms with E-state index in [2.05, 4.69) is 5.32 Å². The van der Waals surface area contributed by atoms with E-state index in [4.69, 9.17) is 9.47 Å². The van der Waals surface area contributed by atoms with Crippen molar-refractivity contribution in [1.29, 1.82) is 0 Å². The highest BCUT2D eigenvalue weighted by molar-refractivity contribution is 5.70. The molecule has 0 spiro atoms. The number of carbonyl (C=O) groups excluding carboxylic acids is 2. The van der Waals surface area contributed by atoms with E-state index in [0.717, 1.165) is 5.56 Å². The van der Waals surface area contributed by atoms with Crippen LogP contribution >= 0.6 is 0 Å². The van der Waals surface area contributed by atoms with E-state index >= 15 is 0 Å². The second kappa shape index (κ2) is 8.41. The fraction of sp³-hybridized carbons (Fsp3) is 0.529. The third-order valence-corrected chi connectivity index (χ3v) is 2.84. The van der Waals surface area contributed by atoms with Crippen LogP contribution in [0.3, 0.4) is 0 Å². The molecule has 0 aliphatic heterocycles. The summed E-state index contributed by atoms with van der Waals surface area (Å²) in [5.41, 5.74) is 0.365. The standard InChI is InChI=1S/C17H25NO4/c1-5-21-15(19)12-11-14(13-9-7-6-8-10-13)18-16(20)22-17(2,3)4/h6-10,14H,5,11-12H2,1-4H3,(H,18,20)/t14-/m1/s1. The molecule has 0 bridgehead atoms. The highest BCUT2D eigenvalue weighted by Crippen LogP contribution is 2.19. The van der Waals surface area contributed by atoms with Gasteiger partial charge in [-0.1, -0.05) is 30.3 Å². The average molecular weight is 307 g/mol. The summed E-state index contributed by atoms with van der Waals surface area (Å²) < 4.78 is 10.2. The molecular formula is C17H25NO4. The van der Waals surface area contributed by atoms with Crippen LogP contribution in [0.15, 0.2) is 30.3 Å². The molecule has 22 heavy (non-hydrogen) atoms. The maximum absolute atomic E-state index is 12.0. The van der Waals surface area contributed by atoms with Crippen molar-refractivity contribution in [3.05, 3.63) is 35.9 Å². The lowest BCUT2D eigenvalue weighted by molar-refractivity contribution is -0.143. The lowest BCUT2D eigenvalue weighted by atomic mass is 10.0. The fourth-order valence-electron chi connectivity index (χ4n) is 1.95. The van der Waals surface area contributed by atoms with Gasteiger partial charge in [0.15, 0.2) is 0 Å². The molecule has 0 saturated heterocycles. The minimum Gasteiger partial charge on any atom is -0.466 e. The zero-order chi connectivity index (χ0) is 16.6. The molecule has 1 N–H and O–H groups in total. The van der Waals surface area contributed by atoms with E-state index in [-0.39, 0.29) is 18.4 Å². The first-order chi connectivity index (χ1) is 10.3. The molecule has 1 aromatic carbocycles. The summed E-state index contributed by atoms with van der Waals surface area (Å²) in [6.07, 6.45) is 0.205. The molecule has 122 valence electrons. The van der Waals surface area contributed by atoms with Crippen molar-refractivity contribution in [2.45, 2.75) is 52.2 Å². The second-order valence-electron chi connectivity index (χ2n) is 5.95. The van der Waals surface area contributed by atoms with Crippen molar-refractivity contribution in [3.63, 3.8) is 0 Å². The van der Waals surface area contributed by atoms with Crippen LogP contribution in [-0.4, -0.2) is 24.3 Å². The smallest absolute Gasteiger partial charge is 0.408 e. The molecule has 0 heterocycles. The summed E-state index contributed by atoms with van der Waals surface area (Å²) >= 11 is 0. The number of hydrogen-bond acceptors (Lipinski definition) is 4. The molecule has 5 heteroatoms. The highest BCUT2D eigenvalue weighted by atomic mass is 16.6. The number of ether oxygens (including phenoxy) is 2. The average Bonchev–Trinajstić information content (AvgIpc) is 2.42. The first-order valence-electron chi connectivity index (χ1n) is 7.52. The number of rotatable bonds is 6. The Morgan fingerprint density at radius 3 is 2.36 bits per heavy atom. The van der Waals surface area contributed by atoms with Crippen molar-refractivity contribution in [3.8, 4) is 0 Å². The number of amides is 1. The maximum atomic E-state index is 12.0. The van der Waals surface area contributed by atoms with E-state index in [1.807, 2.05) is 51.1 Å². The number of esters is 1. The van der Waals surface area contributed by atoms with E-state index in [1.54, 1.807) is 6.92 Å². The molecule has 1 atom stereocenters. The SMILES string of the molecule is CCOC(=O)CC[C@@H](NC(=O)OC(C)(C)C)c1ccccc1. The Morgan fingerprint density at radius 2 is 1.82 bits per heavy atom. The quantitative estimate of drug-likeness (QED) is 0.816. The molecule has 0 unspecified atom stereocenters. The van der Waals surface area contributed by atoms with E-state index in [9.17, 15) is 9.59 Å². The topological polar surface area (TPSA) is 64.6 Å². The summed E-state index contributed by atoms with van der Waals surface area (Å²) in [6.45, 7) is 7.55. The van der Waals surface area contributed by atoms with Crippen LogP contribution < -0.4 is 5.32 Å². The summed E-state index contributed by atoms with van der Waals surface area (Å²) in [7, 11) is 0. The van der Waals surface area contributed by atoms with E-state index < -0.39 is 11.7 Å². The van der Waals surface area contributed by atoms with Crippen molar-refractivity contribution in [1.82, 2.24) is 5.32 Å². The minimum atomic E-state index is -0.563. The number of nitrogens with one attached hydrogen (secondary N) is 1. The Bertz CT molecular complexity index is 479. The molecule has 0 aliphatic carbocycles. The zero-order valence-electron chi connectivity index (χ0n) is 13.7. The normalized spacial score (nSPS) is 12.4. The molecular weight excluding hydrogens is 282 g/mol. The van der Waals surface area contributed by atoms with Crippen LogP contribution in [0.2, 0.25) is 0 Å². The number of hydrogen-bond donors (Lipinski definition) is 1. The third-order valence-electron chi connectivity index (χ3n) is 2.84. The monoisotopic (exact) mass is 307 g/mol. The Kier molecular flexibility index (Phi) is 6.89. The van der Waals surface area contributed by atoms with Crippen LogP contribution in [0.1, 0.15) is 52.1 Å². The lowest BCUT2D eigenvalue weighted by Gasteiger charge is -2.24. The zero-order valence-corrected chi connectivity index (χ0v) is 13.7. The van der Waals surface area contributed by atoms with Crippen LogP contribution in [-0.2, 0) is 14.3 Å². The Balaban J connectivity index is 2.71. The van der Waals surface area contributed by atoms with Gasteiger partial charge in [-0.25, -0.2) is 4.79 Å². The Morgan fingerprint density at radius 1 is 1.18 bits per heavy atom. The fourth-order valence-corrected chi connectivity index (χ4v) is 1.95. The molecule has 0 aliphatic rings. The molecule has 1 aromatic rings. The number of alkyl carbamates (subject to hydrolysis) is 1.